The Hall–Kier alpha value is -1.20. The Morgan fingerprint density at radius 1 is 0.895 bits per heavy atom. The second-order valence-electron chi connectivity index (χ2n) is 2.87. The number of alkyl halides is 10. The topological polar surface area (TPSA) is 18.5 Å². The van der Waals surface area contributed by atoms with Gasteiger partial charge >= 0.3 is 30.7 Å². The van der Waals surface area contributed by atoms with Gasteiger partial charge in [-0.2, -0.15) is 39.5 Å². The van der Waals surface area contributed by atoms with Gasteiger partial charge < -0.3 is 4.74 Å². The minimum Gasteiger partial charge on any atom is -0.437 e. The van der Waals surface area contributed by atoms with Crippen LogP contribution in [0.5, 0.6) is 0 Å². The molecular weight excluding hydrogens is 306 g/mol. The van der Waals surface area contributed by atoms with Gasteiger partial charge in [0.15, 0.2) is 0 Å². The first kappa shape index (κ1) is 17.8. The lowest BCUT2D eigenvalue weighted by molar-refractivity contribution is -0.462. The molecule has 0 fully saturated rings. The van der Waals surface area contributed by atoms with Crippen LogP contribution in [0.3, 0.4) is 0 Å². The fourth-order valence-electron chi connectivity index (χ4n) is 0.602. The lowest BCUT2D eigenvalue weighted by Gasteiger charge is -2.30. The first-order chi connectivity index (χ1) is 8.19. The SMILES string of the molecule is C=COC(F)(F)C(F)OC(F)(F)C(F)(F)C(F)(F)F. The van der Waals surface area contributed by atoms with Crippen LogP contribution < -0.4 is 0 Å². The molecule has 19 heavy (non-hydrogen) atoms. The van der Waals surface area contributed by atoms with Gasteiger partial charge in [-0.25, -0.2) is 4.39 Å². The summed E-state index contributed by atoms with van der Waals surface area (Å²) >= 11 is 0. The van der Waals surface area contributed by atoms with Crippen LogP contribution >= 0.6 is 0 Å². The normalized spacial score (nSPS) is 16.1. The highest BCUT2D eigenvalue weighted by Crippen LogP contribution is 2.48. The fraction of sp³-hybridized carbons (Fsp3) is 0.714. The van der Waals surface area contributed by atoms with Gasteiger partial charge in [0.05, 0.1) is 6.26 Å². The molecule has 0 saturated carbocycles. The molecule has 0 aromatic heterocycles. The predicted molar refractivity (Wildman–Crippen MR) is 38.2 cm³/mol. The smallest absolute Gasteiger partial charge is 0.437 e. The Labute approximate surface area is 98.1 Å². The van der Waals surface area contributed by atoms with Crippen molar-refractivity contribution in [1.82, 2.24) is 0 Å². The van der Waals surface area contributed by atoms with Crippen molar-refractivity contribution in [2.24, 2.45) is 0 Å². The Bertz CT molecular complexity index is 322. The maximum atomic E-state index is 12.5. The first-order valence-corrected chi connectivity index (χ1v) is 4.00. The molecular formula is C7H4F10O2. The van der Waals surface area contributed by atoms with E-state index in [1.54, 1.807) is 0 Å². The van der Waals surface area contributed by atoms with Crippen LogP contribution in [-0.4, -0.2) is 30.7 Å². The van der Waals surface area contributed by atoms with Gasteiger partial charge in [0.1, 0.15) is 0 Å². The molecule has 1 unspecified atom stereocenters. The van der Waals surface area contributed by atoms with Crippen molar-refractivity contribution in [2.45, 2.75) is 30.7 Å². The van der Waals surface area contributed by atoms with Gasteiger partial charge in [0.25, 0.3) is 0 Å². The molecule has 0 rings (SSSR count). The maximum absolute atomic E-state index is 12.5. The van der Waals surface area contributed by atoms with E-state index in [4.69, 9.17) is 0 Å². The molecule has 0 aliphatic heterocycles. The van der Waals surface area contributed by atoms with Crippen LogP contribution in [0.25, 0.3) is 0 Å². The van der Waals surface area contributed by atoms with Gasteiger partial charge in [-0.05, 0) is 0 Å². The van der Waals surface area contributed by atoms with Crippen LogP contribution in [0.1, 0.15) is 0 Å². The molecule has 0 aliphatic carbocycles. The summed E-state index contributed by atoms with van der Waals surface area (Å²) in [5.41, 5.74) is 0. The van der Waals surface area contributed by atoms with Gasteiger partial charge in [-0.3, -0.25) is 4.74 Å². The molecule has 0 amide bonds. The number of hydrogen-bond acceptors (Lipinski definition) is 2. The molecule has 0 heterocycles. The predicted octanol–water partition coefficient (Wildman–Crippen LogP) is 3.84. The van der Waals surface area contributed by atoms with E-state index in [-0.39, 0.29) is 6.26 Å². The molecule has 0 bridgehead atoms. The number of halogens is 10. The molecule has 0 aromatic rings. The van der Waals surface area contributed by atoms with Gasteiger partial charge in [0.2, 0.25) is 0 Å². The van der Waals surface area contributed by atoms with Gasteiger partial charge in [-0.15, -0.1) is 0 Å². The summed E-state index contributed by atoms with van der Waals surface area (Å²) in [5, 5.41) is 0. The highest BCUT2D eigenvalue weighted by atomic mass is 19.4. The van der Waals surface area contributed by atoms with Crippen molar-refractivity contribution in [2.75, 3.05) is 0 Å². The lowest BCUT2D eigenvalue weighted by atomic mass is 10.3. The summed E-state index contributed by atoms with van der Waals surface area (Å²) in [6.45, 7) is 2.47. The largest absolute Gasteiger partial charge is 0.462 e. The number of ether oxygens (including phenoxy) is 2. The van der Waals surface area contributed by atoms with Gasteiger partial charge in [-0.1, -0.05) is 6.58 Å². The Morgan fingerprint density at radius 2 is 1.32 bits per heavy atom. The quantitative estimate of drug-likeness (QED) is 0.548. The van der Waals surface area contributed by atoms with Crippen molar-refractivity contribution >= 4 is 0 Å². The third-order valence-corrected chi connectivity index (χ3v) is 1.48. The Morgan fingerprint density at radius 3 is 1.63 bits per heavy atom. The zero-order valence-electron chi connectivity index (χ0n) is 8.46. The summed E-state index contributed by atoms with van der Waals surface area (Å²) < 4.78 is 126. The van der Waals surface area contributed by atoms with Crippen molar-refractivity contribution in [3.8, 4) is 0 Å². The standard InChI is InChI=1S/C7H4F10O2/c1-2-18-4(9,10)3(8)19-7(16,17)5(11,12)6(13,14)15/h2-3H,1H2. The summed E-state index contributed by atoms with van der Waals surface area (Å²) in [6.07, 6.45) is -23.4. The molecule has 114 valence electrons. The Kier molecular flexibility index (Phi) is 4.74. The second-order valence-corrected chi connectivity index (χ2v) is 2.87. The fourth-order valence-corrected chi connectivity index (χ4v) is 0.602. The third kappa shape index (κ3) is 3.64. The van der Waals surface area contributed by atoms with E-state index in [9.17, 15) is 43.9 Å². The van der Waals surface area contributed by atoms with Crippen molar-refractivity contribution in [1.29, 1.82) is 0 Å². The minimum absolute atomic E-state index is 0.157. The molecule has 0 aliphatic rings. The third-order valence-electron chi connectivity index (χ3n) is 1.48. The van der Waals surface area contributed by atoms with E-state index in [0.717, 1.165) is 0 Å². The van der Waals surface area contributed by atoms with E-state index >= 15 is 0 Å². The minimum atomic E-state index is -6.88. The highest BCUT2D eigenvalue weighted by molar-refractivity contribution is 4.85. The first-order valence-electron chi connectivity index (χ1n) is 4.00. The lowest BCUT2D eigenvalue weighted by Crippen LogP contribution is -2.55. The van der Waals surface area contributed by atoms with Crippen LogP contribution in [0, 0.1) is 0 Å². The van der Waals surface area contributed by atoms with Crippen molar-refractivity contribution < 1.29 is 53.4 Å². The molecule has 12 heteroatoms. The van der Waals surface area contributed by atoms with E-state index < -0.39 is 30.7 Å². The summed E-state index contributed by atoms with van der Waals surface area (Å²) in [6, 6.07) is 0. The van der Waals surface area contributed by atoms with Crippen LogP contribution in [0.15, 0.2) is 12.8 Å². The Balaban J connectivity index is 5.12. The summed E-state index contributed by atoms with van der Waals surface area (Å²) in [7, 11) is 0. The molecule has 0 aromatic carbocycles. The molecule has 0 saturated heterocycles. The average molecular weight is 310 g/mol. The zero-order valence-corrected chi connectivity index (χ0v) is 8.46. The number of hydrogen-bond donors (Lipinski definition) is 0. The molecule has 1 atom stereocenters. The van der Waals surface area contributed by atoms with E-state index in [0.29, 0.717) is 0 Å². The second kappa shape index (κ2) is 5.06. The van der Waals surface area contributed by atoms with Crippen molar-refractivity contribution in [3.05, 3.63) is 12.8 Å². The molecule has 0 spiro atoms. The molecule has 0 N–H and O–H groups in total. The highest BCUT2D eigenvalue weighted by Gasteiger charge is 2.76. The molecule has 0 radical (unpaired) electrons. The van der Waals surface area contributed by atoms with Crippen LogP contribution in [0.2, 0.25) is 0 Å². The van der Waals surface area contributed by atoms with Crippen molar-refractivity contribution in [3.63, 3.8) is 0 Å². The zero-order chi connectivity index (χ0) is 15.7. The van der Waals surface area contributed by atoms with Crippen LogP contribution in [-0.2, 0) is 9.47 Å². The van der Waals surface area contributed by atoms with E-state index in [1.807, 2.05) is 0 Å². The van der Waals surface area contributed by atoms with Crippen LogP contribution in [0.4, 0.5) is 43.9 Å². The van der Waals surface area contributed by atoms with E-state index in [2.05, 4.69) is 16.1 Å². The average Bonchev–Trinajstić information content (AvgIpc) is 2.14. The van der Waals surface area contributed by atoms with E-state index in [1.165, 1.54) is 0 Å². The van der Waals surface area contributed by atoms with Gasteiger partial charge in [0, 0.05) is 0 Å². The maximum Gasteiger partial charge on any atom is 0.462 e. The summed E-state index contributed by atoms with van der Waals surface area (Å²) in [5.74, 6) is -6.88. The molecule has 2 nitrogen and oxygen atoms in total. The summed E-state index contributed by atoms with van der Waals surface area (Å²) in [4.78, 5) is 0. The number of rotatable bonds is 6. The monoisotopic (exact) mass is 310 g/mol.